The number of anilines is 1. The average Bonchev–Trinajstić information content (AvgIpc) is 2.39. The molecule has 0 spiro atoms. The van der Waals surface area contributed by atoms with Crippen LogP contribution in [-0.2, 0) is 12.8 Å². The van der Waals surface area contributed by atoms with Crippen molar-refractivity contribution in [2.24, 2.45) is 0 Å². The number of unbranched alkanes of at least 4 members (excludes halogenated alkanes) is 1. The molecule has 0 saturated heterocycles. The van der Waals surface area contributed by atoms with Crippen LogP contribution in [-0.4, -0.2) is 18.6 Å². The molecule has 1 aromatic carbocycles. The van der Waals surface area contributed by atoms with E-state index < -0.39 is 0 Å². The van der Waals surface area contributed by atoms with Crippen LogP contribution in [0.2, 0.25) is 0 Å². The maximum Gasteiger partial charge on any atom is 0.0375 e. The second kappa shape index (κ2) is 6.95. The third-order valence-corrected chi connectivity index (χ3v) is 4.18. The Morgan fingerprint density at radius 2 is 2.06 bits per heavy atom. The average molecular weight is 249 g/mol. The molecule has 0 saturated carbocycles. The van der Waals surface area contributed by atoms with Gasteiger partial charge in [-0.15, -0.1) is 0 Å². The largest absolute Gasteiger partial charge is 0.385 e. The Kier molecular flexibility index (Phi) is 5.24. The minimum Gasteiger partial charge on any atom is -0.385 e. The lowest BCUT2D eigenvalue weighted by atomic mass is 9.90. The molecule has 94 valence electrons. The lowest BCUT2D eigenvalue weighted by Crippen LogP contribution is -2.09. The molecule has 1 N–H and O–H groups in total. The first-order valence-electron chi connectivity index (χ1n) is 6.75. The molecule has 0 unspecified atom stereocenters. The van der Waals surface area contributed by atoms with Crippen molar-refractivity contribution in [2.75, 3.05) is 23.9 Å². The maximum atomic E-state index is 3.62. The van der Waals surface area contributed by atoms with E-state index in [1.807, 2.05) is 11.8 Å². The zero-order valence-electron chi connectivity index (χ0n) is 10.8. The fraction of sp³-hybridized carbons (Fsp3) is 0.600. The van der Waals surface area contributed by atoms with Gasteiger partial charge >= 0.3 is 0 Å². The van der Waals surface area contributed by atoms with Crippen molar-refractivity contribution in [3.8, 4) is 0 Å². The maximum absolute atomic E-state index is 3.62. The molecule has 17 heavy (non-hydrogen) atoms. The lowest BCUT2D eigenvalue weighted by Gasteiger charge is -2.20. The minimum atomic E-state index is 1.12. The number of hydrogen-bond donors (Lipinski definition) is 1. The molecule has 0 aromatic heterocycles. The standard InChI is InChI=1S/C15H23NS/c1-17-12-5-4-11-16-15-10-6-8-13-7-2-3-9-14(13)15/h6,8,10,16H,2-5,7,9,11-12H2,1H3. The van der Waals surface area contributed by atoms with Gasteiger partial charge in [0.1, 0.15) is 0 Å². The van der Waals surface area contributed by atoms with E-state index >= 15 is 0 Å². The summed E-state index contributed by atoms with van der Waals surface area (Å²) < 4.78 is 0. The molecule has 1 aliphatic carbocycles. The van der Waals surface area contributed by atoms with Crippen LogP contribution < -0.4 is 5.32 Å². The van der Waals surface area contributed by atoms with Crippen molar-refractivity contribution in [3.05, 3.63) is 29.3 Å². The van der Waals surface area contributed by atoms with Crippen molar-refractivity contribution in [1.29, 1.82) is 0 Å². The zero-order chi connectivity index (χ0) is 11.9. The van der Waals surface area contributed by atoms with Gasteiger partial charge in [-0.05, 0) is 67.7 Å². The van der Waals surface area contributed by atoms with E-state index in [0.29, 0.717) is 0 Å². The van der Waals surface area contributed by atoms with Gasteiger partial charge in [0.25, 0.3) is 0 Å². The highest BCUT2D eigenvalue weighted by molar-refractivity contribution is 7.98. The predicted octanol–water partition coefficient (Wildman–Crippen LogP) is 4.12. The Bertz CT molecular complexity index is 349. The van der Waals surface area contributed by atoms with Crippen LogP contribution in [0, 0.1) is 0 Å². The first kappa shape index (κ1) is 12.8. The molecule has 0 heterocycles. The number of rotatable bonds is 6. The summed E-state index contributed by atoms with van der Waals surface area (Å²) in [6, 6.07) is 6.75. The van der Waals surface area contributed by atoms with E-state index in [2.05, 4.69) is 29.8 Å². The number of benzene rings is 1. The molecule has 1 aliphatic rings. The number of nitrogens with one attached hydrogen (secondary N) is 1. The smallest absolute Gasteiger partial charge is 0.0375 e. The van der Waals surface area contributed by atoms with E-state index in [1.54, 1.807) is 11.1 Å². The molecule has 0 radical (unpaired) electrons. The minimum absolute atomic E-state index is 1.12. The second-order valence-electron chi connectivity index (χ2n) is 4.78. The SMILES string of the molecule is CSCCCCNc1cccc2c1CCCC2. The highest BCUT2D eigenvalue weighted by atomic mass is 32.2. The van der Waals surface area contributed by atoms with Gasteiger partial charge in [-0.2, -0.15) is 11.8 Å². The Morgan fingerprint density at radius 3 is 2.94 bits per heavy atom. The normalized spacial score (nSPS) is 14.4. The first-order valence-corrected chi connectivity index (χ1v) is 8.15. The van der Waals surface area contributed by atoms with Crippen molar-refractivity contribution in [3.63, 3.8) is 0 Å². The Balaban J connectivity index is 1.87. The summed E-state index contributed by atoms with van der Waals surface area (Å²) in [5, 5.41) is 3.62. The van der Waals surface area contributed by atoms with Gasteiger partial charge < -0.3 is 5.32 Å². The molecule has 2 rings (SSSR count). The molecule has 0 aliphatic heterocycles. The Labute approximate surface area is 109 Å². The summed E-state index contributed by atoms with van der Waals surface area (Å²) in [5.74, 6) is 1.29. The summed E-state index contributed by atoms with van der Waals surface area (Å²) in [6.45, 7) is 1.12. The third kappa shape index (κ3) is 3.67. The van der Waals surface area contributed by atoms with E-state index in [9.17, 15) is 0 Å². The Hall–Kier alpha value is -0.630. The third-order valence-electron chi connectivity index (χ3n) is 3.49. The summed E-state index contributed by atoms with van der Waals surface area (Å²) in [5.41, 5.74) is 4.56. The van der Waals surface area contributed by atoms with Crippen molar-refractivity contribution < 1.29 is 0 Å². The monoisotopic (exact) mass is 249 g/mol. The van der Waals surface area contributed by atoms with Crippen LogP contribution in [0.1, 0.15) is 36.8 Å². The fourth-order valence-corrected chi connectivity index (χ4v) is 3.03. The van der Waals surface area contributed by atoms with E-state index in [-0.39, 0.29) is 0 Å². The van der Waals surface area contributed by atoms with Crippen molar-refractivity contribution in [1.82, 2.24) is 0 Å². The molecule has 0 atom stereocenters. The molecular weight excluding hydrogens is 226 g/mol. The molecule has 0 fully saturated rings. The van der Waals surface area contributed by atoms with Crippen LogP contribution in [0.15, 0.2) is 18.2 Å². The summed E-state index contributed by atoms with van der Waals surface area (Å²) in [7, 11) is 0. The van der Waals surface area contributed by atoms with Gasteiger partial charge in [-0.1, -0.05) is 12.1 Å². The Morgan fingerprint density at radius 1 is 1.18 bits per heavy atom. The summed E-state index contributed by atoms with van der Waals surface area (Å²) in [6.07, 6.45) is 10.1. The van der Waals surface area contributed by atoms with Gasteiger partial charge in [0.15, 0.2) is 0 Å². The number of fused-ring (bicyclic) bond motifs is 1. The molecule has 2 heteroatoms. The number of thioether (sulfide) groups is 1. The van der Waals surface area contributed by atoms with Gasteiger partial charge in [0.05, 0.1) is 0 Å². The quantitative estimate of drug-likeness (QED) is 0.761. The zero-order valence-corrected chi connectivity index (χ0v) is 11.6. The lowest BCUT2D eigenvalue weighted by molar-refractivity contribution is 0.686. The fourth-order valence-electron chi connectivity index (χ4n) is 2.54. The first-order chi connectivity index (χ1) is 8.42. The topological polar surface area (TPSA) is 12.0 Å². The van der Waals surface area contributed by atoms with Crippen molar-refractivity contribution in [2.45, 2.75) is 38.5 Å². The van der Waals surface area contributed by atoms with Crippen LogP contribution >= 0.6 is 11.8 Å². The highest BCUT2D eigenvalue weighted by Crippen LogP contribution is 2.27. The molecule has 1 aromatic rings. The molecular formula is C15H23NS. The van der Waals surface area contributed by atoms with Gasteiger partial charge in [-0.25, -0.2) is 0 Å². The number of hydrogen-bond acceptors (Lipinski definition) is 2. The van der Waals surface area contributed by atoms with Gasteiger partial charge in [0.2, 0.25) is 0 Å². The van der Waals surface area contributed by atoms with Gasteiger partial charge in [0, 0.05) is 12.2 Å². The molecule has 0 bridgehead atoms. The van der Waals surface area contributed by atoms with E-state index in [0.717, 1.165) is 6.54 Å². The molecule has 1 nitrogen and oxygen atoms in total. The van der Waals surface area contributed by atoms with Crippen LogP contribution in [0.4, 0.5) is 5.69 Å². The van der Waals surface area contributed by atoms with Crippen LogP contribution in [0.5, 0.6) is 0 Å². The van der Waals surface area contributed by atoms with E-state index in [1.165, 1.54) is 50.0 Å². The predicted molar refractivity (Wildman–Crippen MR) is 79.2 cm³/mol. The molecule has 0 amide bonds. The van der Waals surface area contributed by atoms with E-state index in [4.69, 9.17) is 0 Å². The van der Waals surface area contributed by atoms with Gasteiger partial charge in [-0.3, -0.25) is 0 Å². The number of aryl methyl sites for hydroxylation is 1. The van der Waals surface area contributed by atoms with Crippen LogP contribution in [0.25, 0.3) is 0 Å². The summed E-state index contributed by atoms with van der Waals surface area (Å²) >= 11 is 1.94. The second-order valence-corrected chi connectivity index (χ2v) is 5.76. The summed E-state index contributed by atoms with van der Waals surface area (Å²) in [4.78, 5) is 0. The van der Waals surface area contributed by atoms with Crippen molar-refractivity contribution >= 4 is 17.4 Å². The highest BCUT2D eigenvalue weighted by Gasteiger charge is 2.11. The van der Waals surface area contributed by atoms with Crippen LogP contribution in [0.3, 0.4) is 0 Å².